The lowest BCUT2D eigenvalue weighted by Crippen LogP contribution is -1.95. The summed E-state index contributed by atoms with van der Waals surface area (Å²) in [5.74, 6) is 0. The third-order valence-corrected chi connectivity index (χ3v) is 3.28. The normalized spacial score (nSPS) is 11.1. The summed E-state index contributed by atoms with van der Waals surface area (Å²) in [6.07, 6.45) is 12.4. The minimum atomic E-state index is 0.624. The third-order valence-electron chi connectivity index (χ3n) is 3.09. The summed E-state index contributed by atoms with van der Waals surface area (Å²) in [7, 11) is 0. The summed E-state index contributed by atoms with van der Waals surface area (Å²) in [6, 6.07) is 6.12. The largest absolute Gasteiger partial charge is 0.261 e. The van der Waals surface area contributed by atoms with Gasteiger partial charge < -0.3 is 0 Å². The Kier molecular flexibility index (Phi) is 3.79. The molecule has 3 rings (SSSR count). The second kappa shape index (κ2) is 5.89. The van der Waals surface area contributed by atoms with Gasteiger partial charge in [-0.3, -0.25) is 9.97 Å². The Labute approximate surface area is 127 Å². The van der Waals surface area contributed by atoms with Crippen molar-refractivity contribution in [1.29, 1.82) is 0 Å². The molecule has 0 saturated carbocycles. The van der Waals surface area contributed by atoms with Crippen molar-refractivity contribution in [2.75, 3.05) is 0 Å². The van der Waals surface area contributed by atoms with Crippen LogP contribution in [0.3, 0.4) is 0 Å². The summed E-state index contributed by atoms with van der Waals surface area (Å²) in [5.41, 5.74) is 4.10. The monoisotopic (exact) mass is 296 g/mol. The van der Waals surface area contributed by atoms with Crippen LogP contribution in [-0.2, 0) is 0 Å². The van der Waals surface area contributed by atoms with Crippen LogP contribution in [0, 0.1) is 6.92 Å². The lowest BCUT2D eigenvalue weighted by molar-refractivity contribution is 0.879. The highest BCUT2D eigenvalue weighted by atomic mass is 35.5. The van der Waals surface area contributed by atoms with E-state index in [1.165, 1.54) is 0 Å². The standard InChI is InChI=1S/C16H13ClN4/c1-12-8-16(21-11-14(17)9-20-21)5-3-13(12)2-4-15-10-18-6-7-19-15/h2-11H,1H3/b4-2+. The molecule has 5 heteroatoms. The molecule has 21 heavy (non-hydrogen) atoms. The molecule has 0 radical (unpaired) electrons. The second-order valence-electron chi connectivity index (χ2n) is 4.61. The fourth-order valence-electron chi connectivity index (χ4n) is 2.00. The maximum Gasteiger partial charge on any atom is 0.0813 e. The first kappa shape index (κ1) is 13.5. The Hall–Kier alpha value is -2.46. The Morgan fingerprint density at radius 1 is 1.14 bits per heavy atom. The Morgan fingerprint density at radius 3 is 2.71 bits per heavy atom. The van der Waals surface area contributed by atoms with Crippen molar-refractivity contribution in [2.45, 2.75) is 6.92 Å². The van der Waals surface area contributed by atoms with Crippen molar-refractivity contribution >= 4 is 23.8 Å². The summed E-state index contributed by atoms with van der Waals surface area (Å²) in [5, 5.41) is 4.82. The molecule has 2 heterocycles. The highest BCUT2D eigenvalue weighted by Crippen LogP contribution is 2.18. The van der Waals surface area contributed by atoms with E-state index in [0.717, 1.165) is 22.5 Å². The van der Waals surface area contributed by atoms with E-state index in [4.69, 9.17) is 11.6 Å². The zero-order valence-electron chi connectivity index (χ0n) is 11.4. The van der Waals surface area contributed by atoms with Gasteiger partial charge in [0.2, 0.25) is 0 Å². The molecule has 0 amide bonds. The van der Waals surface area contributed by atoms with Gasteiger partial charge in [-0.1, -0.05) is 23.7 Å². The number of hydrogen-bond acceptors (Lipinski definition) is 3. The number of nitrogens with zero attached hydrogens (tertiary/aromatic N) is 4. The molecule has 1 aromatic carbocycles. The first-order valence-electron chi connectivity index (χ1n) is 6.48. The van der Waals surface area contributed by atoms with Gasteiger partial charge in [-0.15, -0.1) is 0 Å². The number of hydrogen-bond donors (Lipinski definition) is 0. The summed E-state index contributed by atoms with van der Waals surface area (Å²) in [6.45, 7) is 2.06. The molecule has 0 saturated heterocycles. The fourth-order valence-corrected chi connectivity index (χ4v) is 2.14. The molecule has 0 bridgehead atoms. The highest BCUT2D eigenvalue weighted by molar-refractivity contribution is 6.30. The van der Waals surface area contributed by atoms with Gasteiger partial charge in [0.1, 0.15) is 0 Å². The summed E-state index contributed by atoms with van der Waals surface area (Å²) < 4.78 is 1.76. The van der Waals surface area contributed by atoms with Gasteiger partial charge in [-0.25, -0.2) is 4.68 Å². The summed E-state index contributed by atoms with van der Waals surface area (Å²) in [4.78, 5) is 8.25. The second-order valence-corrected chi connectivity index (χ2v) is 5.04. The molecule has 0 atom stereocenters. The molecule has 0 spiro atoms. The van der Waals surface area contributed by atoms with Crippen LogP contribution in [-0.4, -0.2) is 19.7 Å². The van der Waals surface area contributed by atoms with Crippen LogP contribution in [0.1, 0.15) is 16.8 Å². The Bertz CT molecular complexity index is 778. The number of benzene rings is 1. The molecular weight excluding hydrogens is 284 g/mol. The van der Waals surface area contributed by atoms with E-state index in [2.05, 4.69) is 28.1 Å². The van der Waals surface area contributed by atoms with Crippen LogP contribution in [0.4, 0.5) is 0 Å². The Morgan fingerprint density at radius 2 is 2.05 bits per heavy atom. The van der Waals surface area contributed by atoms with E-state index in [9.17, 15) is 0 Å². The maximum absolute atomic E-state index is 5.89. The van der Waals surface area contributed by atoms with E-state index in [1.807, 2.05) is 24.3 Å². The lowest BCUT2D eigenvalue weighted by Gasteiger charge is -2.05. The minimum absolute atomic E-state index is 0.624. The first-order chi connectivity index (χ1) is 10.2. The molecule has 104 valence electrons. The van der Waals surface area contributed by atoms with E-state index < -0.39 is 0 Å². The van der Waals surface area contributed by atoms with Crippen LogP contribution in [0.25, 0.3) is 17.8 Å². The molecule has 0 aliphatic carbocycles. The van der Waals surface area contributed by atoms with Crippen molar-refractivity contribution in [3.63, 3.8) is 0 Å². The quantitative estimate of drug-likeness (QED) is 0.738. The van der Waals surface area contributed by atoms with Gasteiger partial charge in [-0.05, 0) is 36.3 Å². The zero-order valence-corrected chi connectivity index (χ0v) is 12.2. The van der Waals surface area contributed by atoms with Crippen molar-refractivity contribution in [3.05, 3.63) is 71.0 Å². The smallest absolute Gasteiger partial charge is 0.0813 e. The predicted molar refractivity (Wildman–Crippen MR) is 84.3 cm³/mol. The van der Waals surface area contributed by atoms with Crippen LogP contribution >= 0.6 is 11.6 Å². The van der Waals surface area contributed by atoms with Crippen molar-refractivity contribution in [3.8, 4) is 5.69 Å². The molecule has 0 aliphatic rings. The topological polar surface area (TPSA) is 43.6 Å². The molecule has 2 aromatic heterocycles. The lowest BCUT2D eigenvalue weighted by atomic mass is 10.1. The van der Waals surface area contributed by atoms with Crippen molar-refractivity contribution < 1.29 is 0 Å². The first-order valence-corrected chi connectivity index (χ1v) is 6.85. The summed E-state index contributed by atoms with van der Waals surface area (Å²) >= 11 is 5.89. The highest BCUT2D eigenvalue weighted by Gasteiger charge is 2.02. The molecule has 4 nitrogen and oxygen atoms in total. The van der Waals surface area contributed by atoms with Gasteiger partial charge in [0.15, 0.2) is 0 Å². The van der Waals surface area contributed by atoms with Crippen molar-refractivity contribution in [1.82, 2.24) is 19.7 Å². The molecule has 0 fully saturated rings. The van der Waals surface area contributed by atoms with Gasteiger partial charge in [0, 0.05) is 18.6 Å². The predicted octanol–water partition coefficient (Wildman–Crippen LogP) is 3.79. The average molecular weight is 297 g/mol. The van der Waals surface area contributed by atoms with E-state index >= 15 is 0 Å². The fraction of sp³-hybridized carbons (Fsp3) is 0.0625. The van der Waals surface area contributed by atoms with Gasteiger partial charge in [0.05, 0.1) is 28.8 Å². The molecule has 0 unspecified atom stereocenters. The third kappa shape index (κ3) is 3.17. The van der Waals surface area contributed by atoms with E-state index in [1.54, 1.807) is 35.7 Å². The van der Waals surface area contributed by atoms with Crippen LogP contribution in [0.2, 0.25) is 5.02 Å². The minimum Gasteiger partial charge on any atom is -0.261 e. The van der Waals surface area contributed by atoms with E-state index in [0.29, 0.717) is 5.02 Å². The number of halogens is 1. The number of aromatic nitrogens is 4. The molecule has 0 aliphatic heterocycles. The maximum atomic E-state index is 5.89. The van der Waals surface area contributed by atoms with Gasteiger partial charge >= 0.3 is 0 Å². The van der Waals surface area contributed by atoms with Crippen molar-refractivity contribution in [2.24, 2.45) is 0 Å². The van der Waals surface area contributed by atoms with Crippen LogP contribution < -0.4 is 0 Å². The molecular formula is C16H13ClN4. The molecule has 0 N–H and O–H groups in total. The Balaban J connectivity index is 1.86. The SMILES string of the molecule is Cc1cc(-n2cc(Cl)cn2)ccc1/C=C/c1cnccn1. The van der Waals surface area contributed by atoms with Crippen LogP contribution in [0.15, 0.2) is 49.2 Å². The van der Waals surface area contributed by atoms with Crippen LogP contribution in [0.5, 0.6) is 0 Å². The van der Waals surface area contributed by atoms with E-state index in [-0.39, 0.29) is 0 Å². The number of aryl methyl sites for hydroxylation is 1. The average Bonchev–Trinajstić information content (AvgIpc) is 2.93. The van der Waals surface area contributed by atoms with Gasteiger partial charge in [0.25, 0.3) is 0 Å². The van der Waals surface area contributed by atoms with Gasteiger partial charge in [-0.2, -0.15) is 5.10 Å². The molecule has 3 aromatic rings. The number of rotatable bonds is 3. The zero-order chi connectivity index (χ0) is 14.7.